The van der Waals surface area contributed by atoms with Gasteiger partial charge >= 0.3 is 18.2 Å². The molecule has 0 saturated carbocycles. The average molecular weight is 599 g/mol. The number of unbranched alkanes of at least 4 members (excludes halogenated alkanes) is 2. The standard InChI is InChI=1S/C29H34N4O10/c1-20-9-11-22(16-24(20)30-18-34)32-27(37)39-15-13-29(3,4)41-26(36)8-6-5-7-14-40-43-42-28(38)33-23-12-10-21(2)25(17-23)31-19-35/h9-12,16-17H,5-8,13-15H2,1-4H3,(H,32,37)(H,33,38). The number of amides is 2. The van der Waals surface area contributed by atoms with E-state index in [0.717, 1.165) is 11.1 Å². The van der Waals surface area contributed by atoms with Gasteiger partial charge in [-0.15, -0.1) is 0 Å². The molecule has 0 bridgehead atoms. The first kappa shape index (κ1) is 34.3. The molecule has 43 heavy (non-hydrogen) atoms. The Morgan fingerprint density at radius 3 is 1.98 bits per heavy atom. The van der Waals surface area contributed by atoms with Gasteiger partial charge in [0.15, 0.2) is 0 Å². The summed E-state index contributed by atoms with van der Waals surface area (Å²) >= 11 is 0. The second-order valence-electron chi connectivity index (χ2n) is 9.85. The van der Waals surface area contributed by atoms with Crippen LogP contribution in [0.25, 0.3) is 0 Å². The Balaban J connectivity index is 1.55. The van der Waals surface area contributed by atoms with Gasteiger partial charge in [-0.1, -0.05) is 18.6 Å². The second kappa shape index (κ2) is 17.8. The zero-order chi connectivity index (χ0) is 31.7. The quantitative estimate of drug-likeness (QED) is 0.0566. The SMILES string of the molecule is Cc1ccc(NC(=O)OCCC(C)(C)OC(=O)CCCCCOOOC(=O)Nc2ccc(C)c(N=C=O)c2)cc1N=C=O. The predicted octanol–water partition coefficient (Wildman–Crippen LogP) is 6.17. The molecule has 0 spiro atoms. The summed E-state index contributed by atoms with van der Waals surface area (Å²) in [6, 6.07) is 9.60. The molecule has 0 aromatic heterocycles. The van der Waals surface area contributed by atoms with Crippen molar-refractivity contribution in [2.24, 2.45) is 9.98 Å². The van der Waals surface area contributed by atoms with Crippen molar-refractivity contribution < 1.29 is 48.3 Å². The van der Waals surface area contributed by atoms with E-state index in [4.69, 9.17) is 14.4 Å². The van der Waals surface area contributed by atoms with Gasteiger partial charge in [-0.05, 0) is 81.0 Å². The summed E-state index contributed by atoms with van der Waals surface area (Å²) in [5.74, 6) is -0.396. The molecule has 0 atom stereocenters. The van der Waals surface area contributed by atoms with Gasteiger partial charge in [0.1, 0.15) is 5.60 Å². The van der Waals surface area contributed by atoms with Gasteiger partial charge in [-0.2, -0.15) is 14.9 Å². The van der Waals surface area contributed by atoms with E-state index in [2.05, 4.69) is 30.5 Å². The third-order valence-electron chi connectivity index (χ3n) is 5.84. The number of aryl methyl sites for hydroxylation is 2. The number of hydrogen-bond acceptors (Lipinski definition) is 12. The molecule has 0 unspecified atom stereocenters. The molecule has 0 radical (unpaired) electrons. The molecule has 2 N–H and O–H groups in total. The van der Waals surface area contributed by atoms with Crippen molar-refractivity contribution in [1.82, 2.24) is 0 Å². The minimum Gasteiger partial charge on any atom is -0.460 e. The third kappa shape index (κ3) is 13.6. The van der Waals surface area contributed by atoms with Gasteiger partial charge in [-0.25, -0.2) is 24.1 Å². The molecule has 230 valence electrons. The summed E-state index contributed by atoms with van der Waals surface area (Å²) in [7, 11) is 0. The van der Waals surface area contributed by atoms with Gasteiger partial charge in [0.25, 0.3) is 0 Å². The van der Waals surface area contributed by atoms with Crippen molar-refractivity contribution in [3.8, 4) is 0 Å². The summed E-state index contributed by atoms with van der Waals surface area (Å²) < 4.78 is 10.7. The number of carbonyl (C=O) groups excluding carboxylic acids is 5. The van der Waals surface area contributed by atoms with E-state index >= 15 is 0 Å². The number of esters is 1. The lowest BCUT2D eigenvalue weighted by atomic mass is 10.1. The van der Waals surface area contributed by atoms with E-state index in [1.807, 2.05) is 0 Å². The van der Waals surface area contributed by atoms with Crippen molar-refractivity contribution in [3.63, 3.8) is 0 Å². The third-order valence-corrected chi connectivity index (χ3v) is 5.84. The summed E-state index contributed by atoms with van der Waals surface area (Å²) in [5, 5.41) is 9.37. The largest absolute Gasteiger partial charge is 0.460 e. The maximum absolute atomic E-state index is 12.2. The fraction of sp³-hybridized carbons (Fsp3) is 0.414. The van der Waals surface area contributed by atoms with Crippen LogP contribution in [0.15, 0.2) is 46.4 Å². The highest BCUT2D eigenvalue weighted by atomic mass is 17.5. The highest BCUT2D eigenvalue weighted by Crippen LogP contribution is 2.24. The maximum Gasteiger partial charge on any atom is 0.446 e. The Morgan fingerprint density at radius 2 is 1.40 bits per heavy atom. The average Bonchev–Trinajstić information content (AvgIpc) is 2.93. The Kier molecular flexibility index (Phi) is 14.2. The number of isocyanates is 2. The van der Waals surface area contributed by atoms with Crippen molar-refractivity contribution in [2.75, 3.05) is 23.8 Å². The van der Waals surface area contributed by atoms with Gasteiger partial charge in [0, 0.05) is 24.2 Å². The Hall–Kier alpha value is -4.87. The summed E-state index contributed by atoms with van der Waals surface area (Å²) in [6.07, 6.45) is 3.40. The number of nitrogens with one attached hydrogen (secondary N) is 2. The number of rotatable bonds is 16. The number of nitrogens with zero attached hydrogens (tertiary/aromatic N) is 2. The van der Waals surface area contributed by atoms with Crippen LogP contribution in [0.4, 0.5) is 32.3 Å². The molecule has 0 saturated heterocycles. The van der Waals surface area contributed by atoms with Crippen LogP contribution in [0, 0.1) is 13.8 Å². The van der Waals surface area contributed by atoms with Crippen LogP contribution in [-0.2, 0) is 38.7 Å². The first-order valence-electron chi connectivity index (χ1n) is 13.3. The highest BCUT2D eigenvalue weighted by Gasteiger charge is 2.23. The van der Waals surface area contributed by atoms with E-state index in [1.54, 1.807) is 52.0 Å². The lowest BCUT2D eigenvalue weighted by Crippen LogP contribution is -2.30. The molecular formula is C29H34N4O10. The number of benzene rings is 2. The van der Waals surface area contributed by atoms with Gasteiger partial charge in [0.2, 0.25) is 12.2 Å². The molecule has 2 amide bonds. The predicted molar refractivity (Wildman–Crippen MR) is 153 cm³/mol. The summed E-state index contributed by atoms with van der Waals surface area (Å²) in [5.41, 5.74) is 2.11. The maximum atomic E-state index is 12.2. The van der Waals surface area contributed by atoms with Gasteiger partial charge < -0.3 is 9.47 Å². The van der Waals surface area contributed by atoms with E-state index in [1.165, 1.54) is 24.3 Å². The molecule has 0 aliphatic heterocycles. The molecule has 0 heterocycles. The van der Waals surface area contributed by atoms with Crippen LogP contribution in [0.3, 0.4) is 0 Å². The van der Waals surface area contributed by atoms with E-state index in [0.29, 0.717) is 42.0 Å². The van der Waals surface area contributed by atoms with Gasteiger partial charge in [0.05, 0.1) is 24.6 Å². The molecule has 0 fully saturated rings. The second-order valence-corrected chi connectivity index (χ2v) is 9.85. The van der Waals surface area contributed by atoms with Crippen molar-refractivity contribution in [1.29, 1.82) is 0 Å². The molecule has 14 nitrogen and oxygen atoms in total. The van der Waals surface area contributed by atoms with E-state index in [-0.39, 0.29) is 26.1 Å². The molecule has 0 aliphatic rings. The smallest absolute Gasteiger partial charge is 0.446 e. The minimum atomic E-state index is -0.938. The first-order valence-corrected chi connectivity index (χ1v) is 13.3. The molecule has 14 heteroatoms. The monoisotopic (exact) mass is 598 g/mol. The number of aliphatic imine (C=N–C) groups is 2. The Bertz CT molecular complexity index is 1370. The zero-order valence-corrected chi connectivity index (χ0v) is 24.4. The first-order chi connectivity index (χ1) is 20.5. The fourth-order valence-corrected chi connectivity index (χ4v) is 3.50. The summed E-state index contributed by atoms with van der Waals surface area (Å²) in [4.78, 5) is 73.4. The normalized spacial score (nSPS) is 10.5. The zero-order valence-electron chi connectivity index (χ0n) is 24.4. The Labute approximate surface area is 248 Å². The molecular weight excluding hydrogens is 564 g/mol. The number of carbonyl (C=O) groups is 3. The van der Waals surface area contributed by atoms with Crippen LogP contribution in [0.5, 0.6) is 0 Å². The summed E-state index contributed by atoms with van der Waals surface area (Å²) in [6.45, 7) is 7.08. The number of anilines is 2. The molecule has 2 rings (SSSR count). The topological polar surface area (TPSA) is 180 Å². The number of ether oxygens (including phenoxy) is 2. The van der Waals surface area contributed by atoms with Crippen molar-refractivity contribution in [2.45, 2.75) is 65.4 Å². The lowest BCUT2D eigenvalue weighted by molar-refractivity contribution is -0.480. The Morgan fingerprint density at radius 1 is 0.814 bits per heavy atom. The van der Waals surface area contributed by atoms with E-state index < -0.39 is 23.8 Å². The highest BCUT2D eigenvalue weighted by molar-refractivity contribution is 5.86. The van der Waals surface area contributed by atoms with Crippen LogP contribution in [0.1, 0.15) is 57.1 Å². The minimum absolute atomic E-state index is 0.00946. The van der Waals surface area contributed by atoms with Crippen molar-refractivity contribution >= 4 is 53.1 Å². The lowest BCUT2D eigenvalue weighted by Gasteiger charge is -2.25. The van der Waals surface area contributed by atoms with Crippen LogP contribution >= 0.6 is 0 Å². The van der Waals surface area contributed by atoms with Crippen molar-refractivity contribution in [3.05, 3.63) is 47.5 Å². The molecule has 2 aromatic rings. The molecule has 2 aromatic carbocycles. The van der Waals surface area contributed by atoms with Crippen LogP contribution < -0.4 is 10.6 Å². The van der Waals surface area contributed by atoms with Crippen LogP contribution in [0.2, 0.25) is 0 Å². The number of hydrogen-bond donors (Lipinski definition) is 2. The van der Waals surface area contributed by atoms with Crippen LogP contribution in [-0.4, -0.2) is 49.1 Å². The molecule has 0 aliphatic carbocycles. The fourth-order valence-electron chi connectivity index (χ4n) is 3.50. The van der Waals surface area contributed by atoms with E-state index in [9.17, 15) is 24.0 Å². The van der Waals surface area contributed by atoms with Gasteiger partial charge in [-0.3, -0.25) is 15.4 Å².